The van der Waals surface area contributed by atoms with E-state index in [1.807, 2.05) is 38.1 Å². The van der Waals surface area contributed by atoms with E-state index in [4.69, 9.17) is 16.9 Å². The number of nitrogens with one attached hydrogen (secondary N) is 1. The maximum absolute atomic E-state index is 11.5. The first-order valence-corrected chi connectivity index (χ1v) is 6.40. The second-order valence-electron chi connectivity index (χ2n) is 4.65. The standard InChI is InChI=1S/C14H17ClN2O/c1-14(2,10-16)11-5-7-12(8-6-11)17-13(18)4-3-9-15/h5-8H,3-4,9H2,1-2H3,(H,17,18). The number of nitrogens with zero attached hydrogens (tertiary/aromatic N) is 1. The Labute approximate surface area is 113 Å². The van der Waals surface area contributed by atoms with Gasteiger partial charge in [0.15, 0.2) is 0 Å². The molecule has 1 aromatic carbocycles. The Kier molecular flexibility index (Phi) is 5.18. The summed E-state index contributed by atoms with van der Waals surface area (Å²) >= 11 is 5.52. The van der Waals surface area contributed by atoms with Gasteiger partial charge in [-0.25, -0.2) is 0 Å². The van der Waals surface area contributed by atoms with E-state index >= 15 is 0 Å². The van der Waals surface area contributed by atoms with Crippen molar-refractivity contribution in [3.63, 3.8) is 0 Å². The molecule has 1 rings (SSSR count). The van der Waals surface area contributed by atoms with E-state index in [0.717, 1.165) is 11.3 Å². The second-order valence-corrected chi connectivity index (χ2v) is 5.03. The van der Waals surface area contributed by atoms with Crippen LogP contribution in [0.25, 0.3) is 0 Å². The number of benzene rings is 1. The molecule has 0 saturated heterocycles. The van der Waals surface area contributed by atoms with Crippen LogP contribution in [0.4, 0.5) is 5.69 Å². The summed E-state index contributed by atoms with van der Waals surface area (Å²) in [6, 6.07) is 9.59. The molecule has 0 saturated carbocycles. The van der Waals surface area contributed by atoms with Crippen molar-refractivity contribution >= 4 is 23.2 Å². The molecule has 1 N–H and O–H groups in total. The van der Waals surface area contributed by atoms with E-state index in [1.54, 1.807) is 0 Å². The smallest absolute Gasteiger partial charge is 0.224 e. The van der Waals surface area contributed by atoms with E-state index in [9.17, 15) is 4.79 Å². The number of rotatable bonds is 5. The quantitative estimate of drug-likeness (QED) is 0.828. The number of amides is 1. The Morgan fingerprint density at radius 2 is 2.00 bits per heavy atom. The topological polar surface area (TPSA) is 52.9 Å². The first-order valence-electron chi connectivity index (χ1n) is 5.87. The minimum Gasteiger partial charge on any atom is -0.326 e. The van der Waals surface area contributed by atoms with Gasteiger partial charge in [-0.1, -0.05) is 12.1 Å². The molecule has 0 bridgehead atoms. The lowest BCUT2D eigenvalue weighted by Crippen LogP contribution is -2.14. The summed E-state index contributed by atoms with van der Waals surface area (Å²) in [5, 5.41) is 11.8. The summed E-state index contributed by atoms with van der Waals surface area (Å²) in [6.07, 6.45) is 1.10. The molecular formula is C14H17ClN2O. The highest BCUT2D eigenvalue weighted by Crippen LogP contribution is 2.23. The Bertz CT molecular complexity index is 446. The lowest BCUT2D eigenvalue weighted by Gasteiger charge is -2.16. The average Bonchev–Trinajstić information content (AvgIpc) is 2.37. The molecule has 0 fully saturated rings. The summed E-state index contributed by atoms with van der Waals surface area (Å²) in [5.41, 5.74) is 1.16. The van der Waals surface area contributed by atoms with Gasteiger partial charge in [0.2, 0.25) is 5.91 Å². The third-order valence-electron chi connectivity index (χ3n) is 2.71. The van der Waals surface area contributed by atoms with E-state index in [1.165, 1.54) is 0 Å². The van der Waals surface area contributed by atoms with Crippen LogP contribution in [0, 0.1) is 11.3 Å². The molecule has 4 heteroatoms. The first kappa shape index (κ1) is 14.5. The molecule has 18 heavy (non-hydrogen) atoms. The Morgan fingerprint density at radius 3 is 2.50 bits per heavy atom. The number of halogens is 1. The number of carbonyl (C=O) groups excluding carboxylic acids is 1. The minimum absolute atomic E-state index is 0.0389. The SMILES string of the molecule is CC(C)(C#N)c1ccc(NC(=O)CCCCl)cc1. The highest BCUT2D eigenvalue weighted by Gasteiger charge is 2.19. The van der Waals surface area contributed by atoms with Gasteiger partial charge in [0.1, 0.15) is 0 Å². The fourth-order valence-electron chi connectivity index (χ4n) is 1.49. The van der Waals surface area contributed by atoms with Gasteiger partial charge in [-0.05, 0) is 38.0 Å². The summed E-state index contributed by atoms with van der Waals surface area (Å²) in [6.45, 7) is 3.72. The Morgan fingerprint density at radius 1 is 1.39 bits per heavy atom. The van der Waals surface area contributed by atoms with E-state index in [0.29, 0.717) is 18.7 Å². The lowest BCUT2D eigenvalue weighted by molar-refractivity contribution is -0.116. The zero-order valence-electron chi connectivity index (χ0n) is 10.7. The number of hydrogen-bond acceptors (Lipinski definition) is 2. The predicted octanol–water partition coefficient (Wildman–Crippen LogP) is 3.45. The van der Waals surface area contributed by atoms with Gasteiger partial charge in [0.25, 0.3) is 0 Å². The molecule has 1 aromatic rings. The molecule has 0 heterocycles. The van der Waals surface area contributed by atoms with Crippen LogP contribution in [0.5, 0.6) is 0 Å². The van der Waals surface area contributed by atoms with Crippen LogP contribution in [-0.2, 0) is 10.2 Å². The molecule has 0 radical (unpaired) electrons. The third-order valence-corrected chi connectivity index (χ3v) is 2.97. The number of alkyl halides is 1. The lowest BCUT2D eigenvalue weighted by atomic mass is 9.86. The van der Waals surface area contributed by atoms with E-state index in [2.05, 4.69) is 11.4 Å². The van der Waals surface area contributed by atoms with Gasteiger partial charge >= 0.3 is 0 Å². The van der Waals surface area contributed by atoms with E-state index < -0.39 is 5.41 Å². The first-order chi connectivity index (χ1) is 8.49. The monoisotopic (exact) mass is 264 g/mol. The maximum Gasteiger partial charge on any atom is 0.224 e. The molecule has 0 unspecified atom stereocenters. The minimum atomic E-state index is -0.513. The van der Waals surface area contributed by atoms with Crippen LogP contribution >= 0.6 is 11.6 Å². The van der Waals surface area contributed by atoms with Gasteiger partial charge in [-0.2, -0.15) is 5.26 Å². The highest BCUT2D eigenvalue weighted by molar-refractivity contribution is 6.18. The number of anilines is 1. The molecule has 0 aliphatic rings. The van der Waals surface area contributed by atoms with Crippen molar-refractivity contribution < 1.29 is 4.79 Å². The van der Waals surface area contributed by atoms with Gasteiger partial charge in [0, 0.05) is 18.0 Å². The van der Waals surface area contributed by atoms with Gasteiger partial charge in [-0.3, -0.25) is 4.79 Å². The zero-order valence-corrected chi connectivity index (χ0v) is 11.4. The summed E-state index contributed by atoms with van der Waals surface area (Å²) < 4.78 is 0. The van der Waals surface area contributed by atoms with Crippen molar-refractivity contribution in [2.75, 3.05) is 11.2 Å². The van der Waals surface area contributed by atoms with Crippen molar-refractivity contribution in [1.29, 1.82) is 5.26 Å². The molecule has 96 valence electrons. The van der Waals surface area contributed by atoms with Crippen LogP contribution in [0.15, 0.2) is 24.3 Å². The van der Waals surface area contributed by atoms with Gasteiger partial charge < -0.3 is 5.32 Å². The molecule has 3 nitrogen and oxygen atoms in total. The normalized spacial score (nSPS) is 10.8. The maximum atomic E-state index is 11.5. The largest absolute Gasteiger partial charge is 0.326 e. The van der Waals surface area contributed by atoms with Crippen LogP contribution in [0.3, 0.4) is 0 Å². The molecule has 0 spiro atoms. The Hall–Kier alpha value is -1.53. The fourth-order valence-corrected chi connectivity index (χ4v) is 1.62. The van der Waals surface area contributed by atoms with Crippen LogP contribution < -0.4 is 5.32 Å². The van der Waals surface area contributed by atoms with Crippen molar-refractivity contribution in [1.82, 2.24) is 0 Å². The third kappa shape index (κ3) is 4.05. The predicted molar refractivity (Wildman–Crippen MR) is 73.7 cm³/mol. The van der Waals surface area contributed by atoms with Gasteiger partial charge in [0.05, 0.1) is 11.5 Å². The number of carbonyl (C=O) groups is 1. The van der Waals surface area contributed by atoms with Crippen molar-refractivity contribution in [2.45, 2.75) is 32.1 Å². The highest BCUT2D eigenvalue weighted by atomic mass is 35.5. The van der Waals surface area contributed by atoms with Crippen molar-refractivity contribution in [3.05, 3.63) is 29.8 Å². The van der Waals surface area contributed by atoms with E-state index in [-0.39, 0.29) is 5.91 Å². The van der Waals surface area contributed by atoms with Crippen molar-refractivity contribution in [3.8, 4) is 6.07 Å². The average molecular weight is 265 g/mol. The molecule has 0 aromatic heterocycles. The zero-order chi connectivity index (χ0) is 13.6. The Balaban J connectivity index is 2.67. The van der Waals surface area contributed by atoms with Crippen LogP contribution in [-0.4, -0.2) is 11.8 Å². The molecular weight excluding hydrogens is 248 g/mol. The van der Waals surface area contributed by atoms with Gasteiger partial charge in [-0.15, -0.1) is 11.6 Å². The number of hydrogen-bond donors (Lipinski definition) is 1. The summed E-state index contributed by atoms with van der Waals surface area (Å²) in [7, 11) is 0. The van der Waals surface area contributed by atoms with Crippen molar-refractivity contribution in [2.24, 2.45) is 0 Å². The molecule has 1 amide bonds. The van der Waals surface area contributed by atoms with Crippen LogP contribution in [0.1, 0.15) is 32.3 Å². The summed E-state index contributed by atoms with van der Waals surface area (Å²) in [4.78, 5) is 11.5. The molecule has 0 aliphatic heterocycles. The second kappa shape index (κ2) is 6.42. The van der Waals surface area contributed by atoms with Crippen LogP contribution in [0.2, 0.25) is 0 Å². The fraction of sp³-hybridized carbons (Fsp3) is 0.429. The molecule has 0 aliphatic carbocycles. The number of nitriles is 1. The molecule has 0 atom stereocenters. The summed E-state index contributed by atoms with van der Waals surface area (Å²) in [5.74, 6) is 0.450.